The van der Waals surface area contributed by atoms with E-state index in [1.165, 1.54) is 12.4 Å². The first kappa shape index (κ1) is 14.6. The summed E-state index contributed by atoms with van der Waals surface area (Å²) in [6.45, 7) is 1.92. The van der Waals surface area contributed by atoms with Crippen LogP contribution < -0.4 is 5.32 Å². The van der Waals surface area contributed by atoms with Crippen molar-refractivity contribution in [2.75, 3.05) is 0 Å². The fraction of sp³-hybridized carbons (Fsp3) is 0.312. The number of rotatable bonds is 4. The molecular formula is C16H15F2N3O. The molecule has 0 atom stereocenters. The van der Waals surface area contributed by atoms with Crippen molar-refractivity contribution in [1.29, 1.82) is 0 Å². The van der Waals surface area contributed by atoms with Crippen LogP contribution in [0.3, 0.4) is 0 Å². The number of nitrogens with zero attached hydrogens (tertiary/aromatic N) is 2. The van der Waals surface area contributed by atoms with E-state index in [-0.39, 0.29) is 11.5 Å². The van der Waals surface area contributed by atoms with Gasteiger partial charge in [-0.05, 0) is 31.0 Å². The predicted octanol–water partition coefficient (Wildman–Crippen LogP) is 2.74. The first-order valence-corrected chi connectivity index (χ1v) is 7.13. The Balaban J connectivity index is 1.82. The maximum Gasteiger partial charge on any atom is 0.255 e. The Morgan fingerprint density at radius 3 is 2.55 bits per heavy atom. The summed E-state index contributed by atoms with van der Waals surface area (Å²) in [7, 11) is 0. The molecular weight excluding hydrogens is 288 g/mol. The third-order valence-corrected chi connectivity index (χ3v) is 3.83. The standard InChI is InChI=1S/C16H15F2N3O/c1-2-14-19-8-10(9-20-14)15(22)21-16(5-6-16)12-7-11(17)3-4-13(12)18/h3-4,7-9H,2,5-6H2,1H3,(H,21,22). The summed E-state index contributed by atoms with van der Waals surface area (Å²) in [5.41, 5.74) is -0.334. The molecule has 4 nitrogen and oxygen atoms in total. The summed E-state index contributed by atoms with van der Waals surface area (Å²) < 4.78 is 27.3. The molecule has 1 amide bonds. The van der Waals surface area contributed by atoms with Crippen molar-refractivity contribution in [3.05, 3.63) is 59.2 Å². The number of amides is 1. The Morgan fingerprint density at radius 1 is 1.27 bits per heavy atom. The number of hydrogen-bond donors (Lipinski definition) is 1. The number of nitrogens with one attached hydrogen (secondary N) is 1. The van der Waals surface area contributed by atoms with Crippen LogP contribution in [0.15, 0.2) is 30.6 Å². The molecule has 1 aromatic carbocycles. The molecule has 6 heteroatoms. The van der Waals surface area contributed by atoms with Gasteiger partial charge in [0.1, 0.15) is 17.5 Å². The molecule has 2 aromatic rings. The number of benzene rings is 1. The Labute approximate surface area is 126 Å². The predicted molar refractivity (Wildman–Crippen MR) is 76.1 cm³/mol. The lowest BCUT2D eigenvalue weighted by atomic mass is 10.0. The van der Waals surface area contributed by atoms with E-state index >= 15 is 0 Å². The van der Waals surface area contributed by atoms with Gasteiger partial charge in [-0.3, -0.25) is 4.79 Å². The fourth-order valence-electron chi connectivity index (χ4n) is 2.39. The molecule has 114 valence electrons. The van der Waals surface area contributed by atoms with Gasteiger partial charge >= 0.3 is 0 Å². The Morgan fingerprint density at radius 2 is 1.95 bits per heavy atom. The molecule has 0 aliphatic heterocycles. The van der Waals surface area contributed by atoms with Crippen molar-refractivity contribution in [1.82, 2.24) is 15.3 Å². The SMILES string of the molecule is CCc1ncc(C(=O)NC2(c3cc(F)ccc3F)CC2)cn1. The second-order valence-electron chi connectivity index (χ2n) is 5.40. The maximum absolute atomic E-state index is 13.9. The lowest BCUT2D eigenvalue weighted by Crippen LogP contribution is -2.35. The average molecular weight is 303 g/mol. The number of carbonyl (C=O) groups is 1. The van der Waals surface area contributed by atoms with E-state index in [9.17, 15) is 13.6 Å². The largest absolute Gasteiger partial charge is 0.342 e. The minimum Gasteiger partial charge on any atom is -0.342 e. The zero-order chi connectivity index (χ0) is 15.7. The molecule has 1 heterocycles. The van der Waals surface area contributed by atoms with Crippen LogP contribution in [0.5, 0.6) is 0 Å². The summed E-state index contributed by atoms with van der Waals surface area (Å²) >= 11 is 0. The van der Waals surface area contributed by atoms with Gasteiger partial charge in [0.2, 0.25) is 0 Å². The van der Waals surface area contributed by atoms with Crippen LogP contribution in [0.1, 0.15) is 41.5 Å². The Kier molecular flexibility index (Phi) is 3.60. The molecule has 1 aromatic heterocycles. The van der Waals surface area contributed by atoms with Crippen LogP contribution in [0.25, 0.3) is 0 Å². The molecule has 0 bridgehead atoms. The van der Waals surface area contributed by atoms with E-state index in [0.717, 1.165) is 18.2 Å². The third kappa shape index (κ3) is 2.68. The topological polar surface area (TPSA) is 54.9 Å². The van der Waals surface area contributed by atoms with Crippen LogP contribution in [-0.4, -0.2) is 15.9 Å². The van der Waals surface area contributed by atoms with Crippen LogP contribution in [0.4, 0.5) is 8.78 Å². The van der Waals surface area contributed by atoms with Crippen LogP contribution in [0.2, 0.25) is 0 Å². The number of hydrogen-bond acceptors (Lipinski definition) is 3. The second-order valence-corrected chi connectivity index (χ2v) is 5.40. The van der Waals surface area contributed by atoms with E-state index in [2.05, 4.69) is 15.3 Å². The quantitative estimate of drug-likeness (QED) is 0.945. The van der Waals surface area contributed by atoms with Crippen LogP contribution in [-0.2, 0) is 12.0 Å². The van der Waals surface area contributed by atoms with Gasteiger partial charge < -0.3 is 5.32 Å². The molecule has 1 saturated carbocycles. The summed E-state index contributed by atoms with van der Waals surface area (Å²) in [6, 6.07) is 3.28. The molecule has 3 rings (SSSR count). The van der Waals surface area contributed by atoms with Crippen LogP contribution >= 0.6 is 0 Å². The molecule has 22 heavy (non-hydrogen) atoms. The molecule has 0 radical (unpaired) electrons. The highest BCUT2D eigenvalue weighted by Crippen LogP contribution is 2.46. The molecule has 0 spiro atoms. The highest BCUT2D eigenvalue weighted by Gasteiger charge is 2.47. The van der Waals surface area contributed by atoms with Crippen molar-refractivity contribution in [2.24, 2.45) is 0 Å². The smallest absolute Gasteiger partial charge is 0.255 e. The maximum atomic E-state index is 13.9. The lowest BCUT2D eigenvalue weighted by molar-refractivity contribution is 0.0929. The number of aromatic nitrogens is 2. The van der Waals surface area contributed by atoms with Crippen molar-refractivity contribution >= 4 is 5.91 Å². The zero-order valence-electron chi connectivity index (χ0n) is 12.1. The summed E-state index contributed by atoms with van der Waals surface area (Å²) in [6.07, 6.45) is 4.72. The monoisotopic (exact) mass is 303 g/mol. The van der Waals surface area contributed by atoms with Crippen molar-refractivity contribution in [3.8, 4) is 0 Å². The van der Waals surface area contributed by atoms with Gasteiger partial charge in [0.25, 0.3) is 5.91 Å². The summed E-state index contributed by atoms with van der Waals surface area (Å²) in [4.78, 5) is 20.4. The van der Waals surface area contributed by atoms with E-state index in [0.29, 0.717) is 30.7 Å². The molecule has 1 fully saturated rings. The Hall–Kier alpha value is -2.37. The highest BCUT2D eigenvalue weighted by molar-refractivity contribution is 5.94. The van der Waals surface area contributed by atoms with E-state index < -0.39 is 17.2 Å². The average Bonchev–Trinajstić information content (AvgIpc) is 3.30. The van der Waals surface area contributed by atoms with Gasteiger partial charge in [-0.2, -0.15) is 0 Å². The third-order valence-electron chi connectivity index (χ3n) is 3.83. The van der Waals surface area contributed by atoms with E-state index in [4.69, 9.17) is 0 Å². The lowest BCUT2D eigenvalue weighted by Gasteiger charge is -2.18. The number of halogens is 2. The minimum atomic E-state index is -0.827. The molecule has 1 N–H and O–H groups in total. The zero-order valence-corrected chi connectivity index (χ0v) is 12.1. The first-order chi connectivity index (χ1) is 10.5. The highest BCUT2D eigenvalue weighted by atomic mass is 19.1. The van der Waals surface area contributed by atoms with Crippen molar-refractivity contribution in [3.63, 3.8) is 0 Å². The van der Waals surface area contributed by atoms with Gasteiger partial charge in [0.15, 0.2) is 0 Å². The normalized spacial score (nSPS) is 15.4. The van der Waals surface area contributed by atoms with Gasteiger partial charge in [0, 0.05) is 24.4 Å². The van der Waals surface area contributed by atoms with Gasteiger partial charge in [-0.15, -0.1) is 0 Å². The first-order valence-electron chi connectivity index (χ1n) is 7.13. The second kappa shape index (κ2) is 5.44. The van der Waals surface area contributed by atoms with E-state index in [1.54, 1.807) is 0 Å². The molecule has 1 aliphatic rings. The minimum absolute atomic E-state index is 0.187. The van der Waals surface area contributed by atoms with Gasteiger partial charge in [-0.1, -0.05) is 6.92 Å². The number of carbonyl (C=O) groups excluding carboxylic acids is 1. The van der Waals surface area contributed by atoms with Crippen molar-refractivity contribution < 1.29 is 13.6 Å². The van der Waals surface area contributed by atoms with Gasteiger partial charge in [0.05, 0.1) is 11.1 Å². The number of aryl methyl sites for hydroxylation is 1. The molecule has 1 aliphatic carbocycles. The van der Waals surface area contributed by atoms with Gasteiger partial charge in [-0.25, -0.2) is 18.7 Å². The van der Waals surface area contributed by atoms with E-state index in [1.807, 2.05) is 6.92 Å². The van der Waals surface area contributed by atoms with Crippen LogP contribution in [0, 0.1) is 11.6 Å². The molecule has 0 saturated heterocycles. The van der Waals surface area contributed by atoms with Crippen molar-refractivity contribution in [2.45, 2.75) is 31.7 Å². The summed E-state index contributed by atoms with van der Waals surface area (Å²) in [5.74, 6) is -0.776. The molecule has 0 unspecified atom stereocenters. The summed E-state index contributed by atoms with van der Waals surface area (Å²) in [5, 5.41) is 2.78. The Bertz CT molecular complexity index is 712. The fourth-order valence-corrected chi connectivity index (χ4v) is 2.39.